The van der Waals surface area contributed by atoms with Crippen molar-refractivity contribution in [1.82, 2.24) is 4.90 Å². The molecule has 0 aliphatic carbocycles. The fraction of sp³-hybridized carbons (Fsp3) is 0.500. The van der Waals surface area contributed by atoms with E-state index in [2.05, 4.69) is 0 Å². The highest BCUT2D eigenvalue weighted by Gasteiger charge is 2.39. The van der Waals surface area contributed by atoms with Gasteiger partial charge in [-0.05, 0) is 23.4 Å². The fourth-order valence-corrected chi connectivity index (χ4v) is 3.15. The maximum Gasteiger partial charge on any atom is 0.326 e. The number of aliphatic hydroxyl groups excluding tert-OH is 1. The van der Waals surface area contributed by atoms with Gasteiger partial charge in [-0.2, -0.15) is 0 Å². The number of aliphatic carboxylic acids is 1. The van der Waals surface area contributed by atoms with Gasteiger partial charge in [0.1, 0.15) is 6.04 Å². The van der Waals surface area contributed by atoms with Crippen molar-refractivity contribution < 1.29 is 19.8 Å². The molecule has 18 heavy (non-hydrogen) atoms. The number of likely N-dealkylation sites (tertiary alicyclic amines) is 1. The van der Waals surface area contributed by atoms with E-state index in [1.165, 1.54) is 16.2 Å². The van der Waals surface area contributed by atoms with Crippen molar-refractivity contribution in [1.29, 1.82) is 0 Å². The molecule has 0 unspecified atom stereocenters. The zero-order valence-electron chi connectivity index (χ0n) is 10.00. The molecule has 1 fully saturated rings. The summed E-state index contributed by atoms with van der Waals surface area (Å²) < 4.78 is 0. The normalized spacial score (nSPS) is 23.3. The predicted molar refractivity (Wildman–Crippen MR) is 66.8 cm³/mol. The Morgan fingerprint density at radius 2 is 2.28 bits per heavy atom. The summed E-state index contributed by atoms with van der Waals surface area (Å²) in [4.78, 5) is 25.2. The Morgan fingerprint density at radius 1 is 1.56 bits per heavy atom. The topological polar surface area (TPSA) is 77.8 Å². The molecular weight excluding hydrogens is 254 g/mol. The quantitative estimate of drug-likeness (QED) is 0.857. The molecule has 98 valence electrons. The summed E-state index contributed by atoms with van der Waals surface area (Å²) in [6.45, 7) is 2.04. The van der Waals surface area contributed by atoms with Crippen LogP contribution in [0, 0.1) is 0 Å². The summed E-state index contributed by atoms with van der Waals surface area (Å²) in [5.74, 6) is -1.35. The number of amides is 1. The van der Waals surface area contributed by atoms with E-state index in [9.17, 15) is 14.7 Å². The van der Waals surface area contributed by atoms with Gasteiger partial charge in [-0.1, -0.05) is 6.92 Å². The van der Waals surface area contributed by atoms with Gasteiger partial charge >= 0.3 is 5.97 Å². The third kappa shape index (κ3) is 2.26. The van der Waals surface area contributed by atoms with Crippen LogP contribution >= 0.6 is 11.3 Å². The van der Waals surface area contributed by atoms with Gasteiger partial charge in [0.2, 0.25) is 0 Å². The smallest absolute Gasteiger partial charge is 0.326 e. The molecular formula is C12H15NO4S. The van der Waals surface area contributed by atoms with Crippen molar-refractivity contribution in [2.45, 2.75) is 31.9 Å². The molecule has 0 radical (unpaired) electrons. The minimum absolute atomic E-state index is 0.0941. The number of carbonyl (C=O) groups is 2. The number of carboxylic acids is 1. The van der Waals surface area contributed by atoms with E-state index in [0.29, 0.717) is 4.88 Å². The Morgan fingerprint density at radius 3 is 2.89 bits per heavy atom. The molecule has 6 heteroatoms. The van der Waals surface area contributed by atoms with Crippen LogP contribution in [0.2, 0.25) is 0 Å². The molecule has 1 amide bonds. The summed E-state index contributed by atoms with van der Waals surface area (Å²) >= 11 is 1.32. The van der Waals surface area contributed by atoms with E-state index in [0.717, 1.165) is 12.0 Å². The molecule has 0 aromatic carbocycles. The highest BCUT2D eigenvalue weighted by Crippen LogP contribution is 2.25. The standard InChI is InChI=1S/C12H15NO4S/c1-2-7-3-4-18-10(7)11(15)13-6-8(14)5-9(13)12(16)17/h3-4,8-9,14H,2,5-6H2,1H3,(H,16,17)/t8-,9-/m0/s1. The van der Waals surface area contributed by atoms with Crippen LogP contribution in [0.1, 0.15) is 28.6 Å². The molecule has 1 aromatic rings. The van der Waals surface area contributed by atoms with Gasteiger partial charge in [0.25, 0.3) is 5.91 Å². The molecule has 5 nitrogen and oxygen atoms in total. The third-order valence-corrected chi connectivity index (χ3v) is 4.09. The minimum Gasteiger partial charge on any atom is -0.480 e. The van der Waals surface area contributed by atoms with Crippen LogP contribution in [0.25, 0.3) is 0 Å². The van der Waals surface area contributed by atoms with Gasteiger partial charge in [-0.25, -0.2) is 4.79 Å². The lowest BCUT2D eigenvalue weighted by atomic mass is 10.1. The van der Waals surface area contributed by atoms with Gasteiger partial charge in [-0.3, -0.25) is 4.79 Å². The number of carbonyl (C=O) groups excluding carboxylic acids is 1. The number of hydrogen-bond acceptors (Lipinski definition) is 4. The SMILES string of the molecule is CCc1ccsc1C(=O)N1C[C@@H](O)C[C@H]1C(=O)O. The molecule has 1 saturated heterocycles. The first-order chi connectivity index (χ1) is 8.54. The Kier molecular flexibility index (Phi) is 3.68. The van der Waals surface area contributed by atoms with E-state index in [4.69, 9.17) is 5.11 Å². The average molecular weight is 269 g/mol. The van der Waals surface area contributed by atoms with Crippen LogP contribution in [0.15, 0.2) is 11.4 Å². The summed E-state index contributed by atoms with van der Waals surface area (Å²) in [5, 5.41) is 20.4. The number of thiophene rings is 1. The number of carboxylic acid groups (broad SMARTS) is 1. The van der Waals surface area contributed by atoms with Crippen molar-refractivity contribution in [3.63, 3.8) is 0 Å². The molecule has 2 rings (SSSR count). The predicted octanol–water partition coefficient (Wildman–Crippen LogP) is 0.971. The lowest BCUT2D eigenvalue weighted by molar-refractivity contribution is -0.141. The van der Waals surface area contributed by atoms with E-state index in [1.54, 1.807) is 0 Å². The Hall–Kier alpha value is -1.40. The first kappa shape index (κ1) is 13.0. The lowest BCUT2D eigenvalue weighted by Crippen LogP contribution is -2.40. The number of hydrogen-bond donors (Lipinski definition) is 2. The van der Waals surface area contributed by atoms with E-state index in [-0.39, 0.29) is 18.9 Å². The van der Waals surface area contributed by atoms with E-state index < -0.39 is 18.1 Å². The Bertz CT molecular complexity index is 470. The van der Waals surface area contributed by atoms with Gasteiger partial charge in [-0.15, -0.1) is 11.3 Å². The summed E-state index contributed by atoms with van der Waals surface area (Å²) in [6, 6.07) is 0.958. The van der Waals surface area contributed by atoms with Crippen LogP contribution in [-0.2, 0) is 11.2 Å². The molecule has 2 heterocycles. The minimum atomic E-state index is -1.06. The average Bonchev–Trinajstić information content (AvgIpc) is 2.93. The van der Waals surface area contributed by atoms with Crippen LogP contribution in [0.5, 0.6) is 0 Å². The van der Waals surface area contributed by atoms with Gasteiger partial charge in [0.15, 0.2) is 0 Å². The van der Waals surface area contributed by atoms with Crippen LogP contribution in [0.4, 0.5) is 0 Å². The molecule has 1 aromatic heterocycles. The summed E-state index contributed by atoms with van der Waals surface area (Å²) in [6.07, 6.45) is 0.0900. The van der Waals surface area contributed by atoms with Crippen molar-refractivity contribution in [3.05, 3.63) is 21.9 Å². The van der Waals surface area contributed by atoms with E-state index in [1.807, 2.05) is 18.4 Å². The zero-order chi connectivity index (χ0) is 13.3. The first-order valence-corrected chi connectivity index (χ1v) is 6.70. The summed E-state index contributed by atoms with van der Waals surface area (Å²) in [7, 11) is 0. The summed E-state index contributed by atoms with van der Waals surface area (Å²) in [5.41, 5.74) is 0.926. The van der Waals surface area contributed by atoms with Crippen molar-refractivity contribution in [2.24, 2.45) is 0 Å². The highest BCUT2D eigenvalue weighted by atomic mass is 32.1. The fourth-order valence-electron chi connectivity index (χ4n) is 2.20. The molecule has 2 atom stereocenters. The van der Waals surface area contributed by atoms with Crippen LogP contribution in [0.3, 0.4) is 0 Å². The number of β-amino-alcohol motifs (C(OH)–C–C–N with tert-alkyl or cyclic N) is 1. The van der Waals surface area contributed by atoms with Gasteiger partial charge < -0.3 is 15.1 Å². The van der Waals surface area contributed by atoms with Crippen LogP contribution in [-0.4, -0.2) is 45.7 Å². The second-order valence-corrected chi connectivity index (χ2v) is 5.25. The number of aliphatic hydroxyl groups is 1. The van der Waals surface area contributed by atoms with Crippen molar-refractivity contribution in [3.8, 4) is 0 Å². The zero-order valence-corrected chi connectivity index (χ0v) is 10.8. The number of rotatable bonds is 3. The second-order valence-electron chi connectivity index (χ2n) is 4.33. The van der Waals surface area contributed by atoms with Crippen molar-refractivity contribution >= 4 is 23.2 Å². The number of nitrogens with zero attached hydrogens (tertiary/aromatic N) is 1. The monoisotopic (exact) mass is 269 g/mol. The van der Waals surface area contributed by atoms with Gasteiger partial charge in [0, 0.05) is 13.0 Å². The molecule has 0 spiro atoms. The third-order valence-electron chi connectivity index (χ3n) is 3.15. The molecule has 1 aliphatic rings. The molecule has 2 N–H and O–H groups in total. The first-order valence-electron chi connectivity index (χ1n) is 5.82. The Balaban J connectivity index is 2.25. The Labute approximate surface area is 109 Å². The van der Waals surface area contributed by atoms with Crippen molar-refractivity contribution in [2.75, 3.05) is 6.54 Å². The van der Waals surface area contributed by atoms with Crippen LogP contribution < -0.4 is 0 Å². The highest BCUT2D eigenvalue weighted by molar-refractivity contribution is 7.12. The van der Waals surface area contributed by atoms with Gasteiger partial charge in [0.05, 0.1) is 11.0 Å². The maximum atomic E-state index is 12.3. The second kappa shape index (κ2) is 5.07. The molecule has 0 saturated carbocycles. The maximum absolute atomic E-state index is 12.3. The van der Waals surface area contributed by atoms with E-state index >= 15 is 0 Å². The molecule has 1 aliphatic heterocycles. The number of aryl methyl sites for hydroxylation is 1. The largest absolute Gasteiger partial charge is 0.480 e. The lowest BCUT2D eigenvalue weighted by Gasteiger charge is -2.20. The molecule has 0 bridgehead atoms.